The molecular weight excluding hydrogens is 289 g/mol. The highest BCUT2D eigenvalue weighted by Crippen LogP contribution is 2.37. The van der Waals surface area contributed by atoms with Gasteiger partial charge in [-0.15, -0.1) is 0 Å². The number of benzene rings is 3. The predicted molar refractivity (Wildman–Crippen MR) is 89.0 cm³/mol. The Labute approximate surface area is 133 Å². The summed E-state index contributed by atoms with van der Waals surface area (Å²) in [6.07, 6.45) is 0.870. The van der Waals surface area contributed by atoms with Crippen LogP contribution in [-0.2, 0) is 6.42 Å². The second kappa shape index (κ2) is 5.36. The Morgan fingerprint density at radius 3 is 2.57 bits per heavy atom. The minimum atomic E-state index is -0.415. The number of amides is 1. The van der Waals surface area contributed by atoms with Gasteiger partial charge in [0.1, 0.15) is 5.82 Å². The van der Waals surface area contributed by atoms with Crippen LogP contribution in [0.2, 0.25) is 0 Å². The van der Waals surface area contributed by atoms with Gasteiger partial charge < -0.3 is 5.32 Å². The average Bonchev–Trinajstić information content (AvgIpc) is 2.92. The molecular formula is C20H14FNO. The van der Waals surface area contributed by atoms with Gasteiger partial charge in [0.2, 0.25) is 0 Å². The number of halogens is 1. The van der Waals surface area contributed by atoms with Crippen molar-refractivity contribution in [2.75, 3.05) is 5.32 Å². The number of hydrogen-bond donors (Lipinski definition) is 1. The Balaban J connectivity index is 1.60. The molecule has 0 saturated heterocycles. The van der Waals surface area contributed by atoms with Gasteiger partial charge in [-0.05, 0) is 59.0 Å². The van der Waals surface area contributed by atoms with E-state index in [0.29, 0.717) is 5.56 Å². The zero-order valence-corrected chi connectivity index (χ0v) is 12.3. The molecule has 0 fully saturated rings. The van der Waals surface area contributed by atoms with E-state index in [2.05, 4.69) is 17.4 Å². The minimum absolute atomic E-state index is 0.306. The van der Waals surface area contributed by atoms with E-state index >= 15 is 0 Å². The summed E-state index contributed by atoms with van der Waals surface area (Å²) in [6.45, 7) is 0. The summed E-state index contributed by atoms with van der Waals surface area (Å²) in [4.78, 5) is 12.2. The lowest BCUT2D eigenvalue weighted by Gasteiger charge is -2.08. The predicted octanol–water partition coefficient (Wildman–Crippen LogP) is 4.65. The van der Waals surface area contributed by atoms with Crippen LogP contribution in [0.1, 0.15) is 21.5 Å². The van der Waals surface area contributed by atoms with Gasteiger partial charge in [0.05, 0.1) is 0 Å². The Bertz CT molecular complexity index is 917. The van der Waals surface area contributed by atoms with Gasteiger partial charge in [0.15, 0.2) is 0 Å². The van der Waals surface area contributed by atoms with Crippen LogP contribution >= 0.6 is 0 Å². The lowest BCUT2D eigenvalue weighted by Crippen LogP contribution is -2.12. The maximum absolute atomic E-state index is 13.2. The molecule has 1 N–H and O–H groups in total. The molecule has 0 unspecified atom stereocenters. The molecule has 0 atom stereocenters. The minimum Gasteiger partial charge on any atom is -0.322 e. The molecule has 0 bridgehead atoms. The molecule has 1 aliphatic rings. The molecule has 0 saturated carbocycles. The smallest absolute Gasteiger partial charge is 0.255 e. The fraction of sp³-hybridized carbons (Fsp3) is 0.0500. The molecule has 1 amide bonds. The molecule has 3 heteroatoms. The summed E-state index contributed by atoms with van der Waals surface area (Å²) >= 11 is 0. The Morgan fingerprint density at radius 1 is 0.870 bits per heavy atom. The first-order chi connectivity index (χ1) is 11.2. The van der Waals surface area contributed by atoms with Crippen molar-refractivity contribution < 1.29 is 9.18 Å². The van der Waals surface area contributed by atoms with Crippen molar-refractivity contribution in [2.45, 2.75) is 6.42 Å². The van der Waals surface area contributed by atoms with Crippen LogP contribution in [-0.4, -0.2) is 5.91 Å². The van der Waals surface area contributed by atoms with Crippen LogP contribution in [0.3, 0.4) is 0 Å². The third-order valence-electron chi connectivity index (χ3n) is 4.14. The van der Waals surface area contributed by atoms with Gasteiger partial charge in [-0.2, -0.15) is 0 Å². The van der Waals surface area contributed by atoms with Crippen LogP contribution in [0.4, 0.5) is 10.1 Å². The van der Waals surface area contributed by atoms with Crippen LogP contribution in [0.5, 0.6) is 0 Å². The van der Waals surface area contributed by atoms with E-state index < -0.39 is 5.82 Å². The number of fused-ring (bicyclic) bond motifs is 3. The van der Waals surface area contributed by atoms with E-state index in [0.717, 1.165) is 12.1 Å². The second-order valence-corrected chi connectivity index (χ2v) is 5.67. The molecule has 2 nitrogen and oxygen atoms in total. The standard InChI is InChI=1S/C20H14FNO/c21-16-6-3-5-14(11-16)20(23)22-17-8-9-19-15(12-17)10-13-4-1-2-7-18(13)19/h1-9,11-12H,10H2,(H,22,23). The van der Waals surface area contributed by atoms with Crippen LogP contribution in [0.15, 0.2) is 66.7 Å². The maximum atomic E-state index is 13.2. The quantitative estimate of drug-likeness (QED) is 0.574. The monoisotopic (exact) mass is 303 g/mol. The van der Waals surface area contributed by atoms with Crippen molar-refractivity contribution in [1.29, 1.82) is 0 Å². The third kappa shape index (κ3) is 2.50. The number of hydrogen-bond acceptors (Lipinski definition) is 1. The highest BCUT2D eigenvalue weighted by Gasteiger charge is 2.18. The summed E-state index contributed by atoms with van der Waals surface area (Å²) in [7, 11) is 0. The zero-order valence-electron chi connectivity index (χ0n) is 12.3. The van der Waals surface area contributed by atoms with E-state index in [1.807, 2.05) is 30.3 Å². The highest BCUT2D eigenvalue weighted by molar-refractivity contribution is 6.04. The van der Waals surface area contributed by atoms with Gasteiger partial charge in [-0.3, -0.25) is 4.79 Å². The molecule has 112 valence electrons. The van der Waals surface area contributed by atoms with Gasteiger partial charge >= 0.3 is 0 Å². The topological polar surface area (TPSA) is 29.1 Å². The molecule has 1 aliphatic carbocycles. The van der Waals surface area contributed by atoms with E-state index in [1.54, 1.807) is 6.07 Å². The zero-order chi connectivity index (χ0) is 15.8. The average molecular weight is 303 g/mol. The third-order valence-corrected chi connectivity index (χ3v) is 4.14. The number of carbonyl (C=O) groups is 1. The summed E-state index contributed by atoms with van der Waals surface area (Å²) in [5, 5.41) is 2.84. The van der Waals surface area contributed by atoms with Gasteiger partial charge in [0, 0.05) is 11.3 Å². The molecule has 0 aliphatic heterocycles. The summed E-state index contributed by atoms with van der Waals surface area (Å²) in [5.74, 6) is -0.720. The van der Waals surface area contributed by atoms with E-state index in [9.17, 15) is 9.18 Å². The van der Waals surface area contributed by atoms with Gasteiger partial charge in [-0.25, -0.2) is 4.39 Å². The highest BCUT2D eigenvalue weighted by atomic mass is 19.1. The van der Waals surface area contributed by atoms with Crippen molar-refractivity contribution in [2.24, 2.45) is 0 Å². The largest absolute Gasteiger partial charge is 0.322 e. The molecule has 3 aromatic carbocycles. The first-order valence-corrected chi connectivity index (χ1v) is 7.49. The lowest BCUT2D eigenvalue weighted by atomic mass is 10.1. The second-order valence-electron chi connectivity index (χ2n) is 5.67. The molecule has 0 radical (unpaired) electrons. The van der Waals surface area contributed by atoms with Gasteiger partial charge in [-0.1, -0.05) is 36.4 Å². The van der Waals surface area contributed by atoms with Crippen molar-refractivity contribution in [3.8, 4) is 11.1 Å². The Morgan fingerprint density at radius 2 is 1.70 bits per heavy atom. The first kappa shape index (κ1) is 13.7. The summed E-state index contributed by atoms with van der Waals surface area (Å²) < 4.78 is 13.2. The number of anilines is 1. The number of rotatable bonds is 2. The Kier molecular flexibility index (Phi) is 3.19. The number of carbonyl (C=O) groups excluding carboxylic acids is 1. The van der Waals surface area contributed by atoms with E-state index in [1.165, 1.54) is 40.5 Å². The molecule has 4 rings (SSSR count). The maximum Gasteiger partial charge on any atom is 0.255 e. The normalized spacial score (nSPS) is 11.7. The van der Waals surface area contributed by atoms with Crippen LogP contribution in [0.25, 0.3) is 11.1 Å². The van der Waals surface area contributed by atoms with Crippen molar-refractivity contribution in [3.05, 3.63) is 89.2 Å². The lowest BCUT2D eigenvalue weighted by molar-refractivity contribution is 0.102. The molecule has 23 heavy (non-hydrogen) atoms. The first-order valence-electron chi connectivity index (χ1n) is 7.49. The van der Waals surface area contributed by atoms with Crippen LogP contribution < -0.4 is 5.32 Å². The van der Waals surface area contributed by atoms with E-state index in [-0.39, 0.29) is 5.91 Å². The van der Waals surface area contributed by atoms with Crippen molar-refractivity contribution >= 4 is 11.6 Å². The van der Waals surface area contributed by atoms with E-state index in [4.69, 9.17) is 0 Å². The molecule has 0 spiro atoms. The van der Waals surface area contributed by atoms with Crippen molar-refractivity contribution in [3.63, 3.8) is 0 Å². The summed E-state index contributed by atoms with van der Waals surface area (Å²) in [6, 6.07) is 19.9. The molecule has 0 heterocycles. The Hall–Kier alpha value is -2.94. The number of nitrogens with one attached hydrogen (secondary N) is 1. The van der Waals surface area contributed by atoms with Crippen molar-refractivity contribution in [1.82, 2.24) is 0 Å². The fourth-order valence-corrected chi connectivity index (χ4v) is 3.06. The van der Waals surface area contributed by atoms with Crippen LogP contribution in [0, 0.1) is 5.82 Å². The molecule has 3 aromatic rings. The van der Waals surface area contributed by atoms with Gasteiger partial charge in [0.25, 0.3) is 5.91 Å². The fourth-order valence-electron chi connectivity index (χ4n) is 3.06. The molecule has 0 aromatic heterocycles. The SMILES string of the molecule is O=C(Nc1ccc2c(c1)Cc1ccccc1-2)c1cccc(F)c1. The summed E-state index contributed by atoms with van der Waals surface area (Å²) in [5.41, 5.74) is 6.01.